The number of nitrogens with two attached hydrogens (primary N) is 1. The fourth-order valence-electron chi connectivity index (χ4n) is 2.45. The number of nitrogens with zero attached hydrogens (tertiary/aromatic N) is 4. The Morgan fingerprint density at radius 3 is 3.00 bits per heavy atom. The predicted molar refractivity (Wildman–Crippen MR) is 68.7 cm³/mol. The van der Waals surface area contributed by atoms with E-state index in [1.807, 2.05) is 12.5 Å². The lowest BCUT2D eigenvalue weighted by Crippen LogP contribution is -2.54. The maximum Gasteiger partial charge on any atom is 0.0948 e. The van der Waals surface area contributed by atoms with Gasteiger partial charge in [0, 0.05) is 51.5 Å². The van der Waals surface area contributed by atoms with E-state index >= 15 is 0 Å². The van der Waals surface area contributed by atoms with Crippen molar-refractivity contribution in [2.45, 2.75) is 26.1 Å². The lowest BCUT2D eigenvalue weighted by molar-refractivity contribution is 0.0860. The van der Waals surface area contributed by atoms with E-state index in [4.69, 9.17) is 5.73 Å². The summed E-state index contributed by atoms with van der Waals surface area (Å²) in [4.78, 5) is 9.05. The van der Waals surface area contributed by atoms with Gasteiger partial charge in [-0.1, -0.05) is 0 Å². The highest BCUT2D eigenvalue weighted by molar-refractivity contribution is 4.99. The van der Waals surface area contributed by atoms with Crippen molar-refractivity contribution in [1.82, 2.24) is 19.4 Å². The Bertz CT molecular complexity index is 348. The topological polar surface area (TPSA) is 50.3 Å². The van der Waals surface area contributed by atoms with Crippen LogP contribution < -0.4 is 5.73 Å². The summed E-state index contributed by atoms with van der Waals surface area (Å²) in [6.45, 7) is 8.10. The molecule has 1 aromatic heterocycles. The first kappa shape index (κ1) is 12.5. The van der Waals surface area contributed by atoms with Gasteiger partial charge in [-0.2, -0.15) is 0 Å². The Labute approximate surface area is 103 Å². The molecule has 1 aromatic rings. The highest BCUT2D eigenvalue weighted by Gasteiger charge is 2.24. The molecule has 2 heterocycles. The average Bonchev–Trinajstić information content (AvgIpc) is 2.78. The second kappa shape index (κ2) is 5.62. The van der Waals surface area contributed by atoms with Crippen LogP contribution >= 0.6 is 0 Å². The van der Waals surface area contributed by atoms with Crippen LogP contribution in [0.3, 0.4) is 0 Å². The van der Waals surface area contributed by atoms with Crippen LogP contribution in [0.5, 0.6) is 0 Å². The van der Waals surface area contributed by atoms with Crippen molar-refractivity contribution < 1.29 is 0 Å². The van der Waals surface area contributed by atoms with Gasteiger partial charge in [-0.25, -0.2) is 4.98 Å². The number of hydrogen-bond acceptors (Lipinski definition) is 4. The minimum atomic E-state index is 0.467. The summed E-state index contributed by atoms with van der Waals surface area (Å²) >= 11 is 0. The first-order valence-electron chi connectivity index (χ1n) is 6.36. The third-order valence-corrected chi connectivity index (χ3v) is 3.58. The van der Waals surface area contributed by atoms with Crippen LogP contribution in [0.4, 0.5) is 0 Å². The Morgan fingerprint density at radius 1 is 1.47 bits per heavy atom. The van der Waals surface area contributed by atoms with Gasteiger partial charge in [-0.05, 0) is 14.0 Å². The van der Waals surface area contributed by atoms with E-state index in [0.717, 1.165) is 39.3 Å². The minimum absolute atomic E-state index is 0.467. The molecule has 2 N–H and O–H groups in total. The van der Waals surface area contributed by atoms with Gasteiger partial charge in [0.15, 0.2) is 0 Å². The molecule has 5 heteroatoms. The summed E-state index contributed by atoms with van der Waals surface area (Å²) in [6.07, 6.45) is 3.87. The van der Waals surface area contributed by atoms with E-state index in [2.05, 4.69) is 33.3 Å². The molecule has 17 heavy (non-hydrogen) atoms. The van der Waals surface area contributed by atoms with Gasteiger partial charge in [0.2, 0.25) is 0 Å². The van der Waals surface area contributed by atoms with Gasteiger partial charge >= 0.3 is 0 Å². The van der Waals surface area contributed by atoms with E-state index in [9.17, 15) is 0 Å². The zero-order valence-corrected chi connectivity index (χ0v) is 10.8. The molecule has 0 aromatic carbocycles. The molecule has 2 rings (SSSR count). The van der Waals surface area contributed by atoms with Crippen LogP contribution in [-0.2, 0) is 13.1 Å². The Balaban J connectivity index is 2.02. The molecule has 1 unspecified atom stereocenters. The summed E-state index contributed by atoms with van der Waals surface area (Å²) in [6, 6.07) is 0.467. The van der Waals surface area contributed by atoms with Crippen LogP contribution in [0.15, 0.2) is 12.5 Å². The number of aryl methyl sites for hydroxylation is 1. The molecular weight excluding hydrogens is 214 g/mol. The molecule has 1 atom stereocenters. The van der Waals surface area contributed by atoms with Gasteiger partial charge in [-0.15, -0.1) is 0 Å². The predicted octanol–water partition coefficient (Wildman–Crippen LogP) is -0.0223. The Hall–Kier alpha value is -0.910. The first-order chi connectivity index (χ1) is 8.24. The lowest BCUT2D eigenvalue weighted by Gasteiger charge is -2.39. The van der Waals surface area contributed by atoms with Crippen LogP contribution in [0.1, 0.15) is 12.6 Å². The van der Waals surface area contributed by atoms with Gasteiger partial charge < -0.3 is 15.2 Å². The second-order valence-corrected chi connectivity index (χ2v) is 4.79. The molecule has 1 fully saturated rings. The maximum atomic E-state index is 5.86. The Morgan fingerprint density at radius 2 is 2.29 bits per heavy atom. The van der Waals surface area contributed by atoms with Crippen molar-refractivity contribution >= 4 is 0 Å². The molecular formula is C12H23N5. The van der Waals surface area contributed by atoms with Crippen LogP contribution in [0.25, 0.3) is 0 Å². The summed E-state index contributed by atoms with van der Waals surface area (Å²) in [5.41, 5.74) is 7.15. The first-order valence-corrected chi connectivity index (χ1v) is 6.36. The van der Waals surface area contributed by atoms with Gasteiger partial charge in [0.05, 0.1) is 12.0 Å². The minimum Gasteiger partial charge on any atom is -0.334 e. The van der Waals surface area contributed by atoms with Crippen LogP contribution in [0, 0.1) is 0 Å². The van der Waals surface area contributed by atoms with E-state index in [1.54, 1.807) is 0 Å². The van der Waals surface area contributed by atoms with Crippen molar-refractivity contribution in [2.24, 2.45) is 5.73 Å². The highest BCUT2D eigenvalue weighted by atomic mass is 15.3. The highest BCUT2D eigenvalue weighted by Crippen LogP contribution is 2.12. The molecule has 5 nitrogen and oxygen atoms in total. The zero-order chi connectivity index (χ0) is 12.3. The van der Waals surface area contributed by atoms with Gasteiger partial charge in [0.25, 0.3) is 0 Å². The zero-order valence-electron chi connectivity index (χ0n) is 10.8. The molecule has 1 aliphatic rings. The molecule has 0 aliphatic carbocycles. The summed E-state index contributed by atoms with van der Waals surface area (Å²) in [5.74, 6) is 0. The standard InChI is InChI=1S/C12H23N5/c1-3-16-10-14-7-12(16)9-17-5-4-15(2)8-11(17)6-13/h7,10-11H,3-6,8-9,13H2,1-2H3. The number of imidazole rings is 1. The molecule has 1 aliphatic heterocycles. The van der Waals surface area contributed by atoms with E-state index < -0.39 is 0 Å². The third kappa shape index (κ3) is 2.86. The fraction of sp³-hybridized carbons (Fsp3) is 0.750. The fourth-order valence-corrected chi connectivity index (χ4v) is 2.45. The SMILES string of the molecule is CCn1cncc1CN1CCN(C)CC1CN. The maximum absolute atomic E-state index is 5.86. The number of piperazine rings is 1. The van der Waals surface area contributed by atoms with E-state index in [-0.39, 0.29) is 0 Å². The van der Waals surface area contributed by atoms with Crippen molar-refractivity contribution in [2.75, 3.05) is 33.2 Å². The smallest absolute Gasteiger partial charge is 0.0948 e. The Kier molecular flexibility index (Phi) is 4.15. The second-order valence-electron chi connectivity index (χ2n) is 4.79. The third-order valence-electron chi connectivity index (χ3n) is 3.58. The van der Waals surface area contributed by atoms with Gasteiger partial charge in [0.1, 0.15) is 0 Å². The van der Waals surface area contributed by atoms with Crippen molar-refractivity contribution in [1.29, 1.82) is 0 Å². The average molecular weight is 237 g/mol. The molecule has 0 saturated carbocycles. The van der Waals surface area contributed by atoms with Crippen molar-refractivity contribution in [3.8, 4) is 0 Å². The van der Waals surface area contributed by atoms with Crippen molar-refractivity contribution in [3.63, 3.8) is 0 Å². The van der Waals surface area contributed by atoms with Crippen LogP contribution in [0.2, 0.25) is 0 Å². The molecule has 0 spiro atoms. The largest absolute Gasteiger partial charge is 0.334 e. The number of aromatic nitrogens is 2. The van der Waals surface area contributed by atoms with E-state index in [1.165, 1.54) is 5.69 Å². The molecule has 0 amide bonds. The molecule has 1 saturated heterocycles. The summed E-state index contributed by atoms with van der Waals surface area (Å²) in [5, 5.41) is 0. The monoisotopic (exact) mass is 237 g/mol. The summed E-state index contributed by atoms with van der Waals surface area (Å²) in [7, 11) is 2.16. The number of hydrogen-bond donors (Lipinski definition) is 1. The van der Waals surface area contributed by atoms with Gasteiger partial charge in [-0.3, -0.25) is 4.90 Å². The molecule has 0 bridgehead atoms. The number of likely N-dealkylation sites (N-methyl/N-ethyl adjacent to an activating group) is 1. The molecule has 0 radical (unpaired) electrons. The quantitative estimate of drug-likeness (QED) is 0.799. The normalized spacial score (nSPS) is 23.1. The summed E-state index contributed by atoms with van der Waals surface area (Å²) < 4.78 is 2.20. The van der Waals surface area contributed by atoms with Crippen molar-refractivity contribution in [3.05, 3.63) is 18.2 Å². The molecule has 96 valence electrons. The lowest BCUT2D eigenvalue weighted by atomic mass is 10.1. The van der Waals surface area contributed by atoms with E-state index in [0.29, 0.717) is 6.04 Å². The number of rotatable bonds is 4. The van der Waals surface area contributed by atoms with Crippen LogP contribution in [-0.4, -0.2) is 58.6 Å².